The van der Waals surface area contributed by atoms with Crippen LogP contribution in [0.5, 0.6) is 0 Å². The number of benzene rings is 1. The summed E-state index contributed by atoms with van der Waals surface area (Å²) in [5.41, 5.74) is 4.76. The van der Waals surface area contributed by atoms with Crippen LogP contribution in [0.1, 0.15) is 38.3 Å². The summed E-state index contributed by atoms with van der Waals surface area (Å²) in [5.74, 6) is -0.0977. The molecule has 4 rings (SSSR count). The number of ether oxygens (including phenoxy) is 1. The van der Waals surface area contributed by atoms with E-state index in [9.17, 15) is 9.59 Å². The van der Waals surface area contributed by atoms with Crippen molar-refractivity contribution in [3.05, 3.63) is 67.1 Å². The van der Waals surface area contributed by atoms with Crippen LogP contribution in [0.3, 0.4) is 0 Å². The minimum absolute atomic E-state index is 0.0977. The number of pyridine rings is 1. The molecule has 6 nitrogen and oxygen atoms in total. The summed E-state index contributed by atoms with van der Waals surface area (Å²) in [4.78, 5) is 32.5. The number of aromatic amines is 1. The van der Waals surface area contributed by atoms with Gasteiger partial charge in [0.15, 0.2) is 0 Å². The Balaban J connectivity index is 1.59. The number of rotatable bonds is 4. The second-order valence-electron chi connectivity index (χ2n) is 7.88. The summed E-state index contributed by atoms with van der Waals surface area (Å²) in [7, 11) is 0. The zero-order valence-electron chi connectivity index (χ0n) is 16.9. The molecule has 0 saturated carbocycles. The van der Waals surface area contributed by atoms with Crippen molar-refractivity contribution < 1.29 is 9.53 Å². The van der Waals surface area contributed by atoms with E-state index in [-0.39, 0.29) is 11.5 Å². The lowest BCUT2D eigenvalue weighted by Gasteiger charge is -2.31. The zero-order chi connectivity index (χ0) is 20.5. The van der Waals surface area contributed by atoms with E-state index in [1.807, 2.05) is 32.0 Å². The number of amides is 1. The third kappa shape index (κ3) is 4.10. The third-order valence-electron chi connectivity index (χ3n) is 5.80. The molecule has 1 N–H and O–H groups in total. The number of aromatic nitrogens is 1. The molecular weight excluding hydrogens is 390 g/mol. The van der Waals surface area contributed by atoms with Gasteiger partial charge in [-0.1, -0.05) is 23.7 Å². The second-order valence-corrected chi connectivity index (χ2v) is 8.26. The van der Waals surface area contributed by atoms with Crippen LogP contribution in [-0.2, 0) is 24.2 Å². The zero-order valence-corrected chi connectivity index (χ0v) is 17.6. The number of nitrogens with zero attached hydrogens (tertiary/aromatic N) is 2. The molecular formula is C22H26ClN3O3. The predicted molar refractivity (Wildman–Crippen MR) is 113 cm³/mol. The first kappa shape index (κ1) is 20.1. The van der Waals surface area contributed by atoms with Gasteiger partial charge in [-0.25, -0.2) is 0 Å². The van der Waals surface area contributed by atoms with Crippen LogP contribution in [0, 0.1) is 13.8 Å². The lowest BCUT2D eigenvalue weighted by Crippen LogP contribution is -2.39. The number of hydrogen-bond acceptors (Lipinski definition) is 4. The molecule has 1 aromatic heterocycles. The minimum Gasteiger partial charge on any atom is -0.379 e. The van der Waals surface area contributed by atoms with Crippen molar-refractivity contribution in [2.24, 2.45) is 0 Å². The van der Waals surface area contributed by atoms with E-state index in [0.29, 0.717) is 35.8 Å². The molecule has 154 valence electrons. The fourth-order valence-electron chi connectivity index (χ4n) is 4.16. The minimum atomic E-state index is -0.131. The Hall–Kier alpha value is -2.15. The molecule has 1 fully saturated rings. The fraction of sp³-hybridized carbons (Fsp3) is 0.455. The van der Waals surface area contributed by atoms with Crippen LogP contribution in [-0.4, -0.2) is 53.5 Å². The van der Waals surface area contributed by atoms with Gasteiger partial charge in [-0.05, 0) is 43.0 Å². The molecule has 0 radical (unpaired) electrons. The van der Waals surface area contributed by atoms with Gasteiger partial charge in [-0.2, -0.15) is 0 Å². The van der Waals surface area contributed by atoms with E-state index in [4.69, 9.17) is 16.3 Å². The molecule has 1 aromatic carbocycles. The van der Waals surface area contributed by atoms with Crippen molar-refractivity contribution >= 4 is 17.5 Å². The van der Waals surface area contributed by atoms with Gasteiger partial charge in [0.1, 0.15) is 0 Å². The van der Waals surface area contributed by atoms with Crippen molar-refractivity contribution in [3.8, 4) is 0 Å². The summed E-state index contributed by atoms with van der Waals surface area (Å²) in [6, 6.07) is 6.00. The Labute approximate surface area is 175 Å². The standard InChI is InChI=1S/C22H26ClN3O3/c1-14-11-15(2)24-21(27)18(14)13-26-6-5-16-3-4-17(20(23)19(16)22(26)28)12-25-7-9-29-10-8-25/h3-4,11H,5-10,12-13H2,1-2H3,(H,24,27). The number of aryl methyl sites for hydroxylation is 2. The predicted octanol–water partition coefficient (Wildman–Crippen LogP) is 2.68. The first-order valence-corrected chi connectivity index (χ1v) is 10.4. The van der Waals surface area contributed by atoms with E-state index in [2.05, 4.69) is 9.88 Å². The van der Waals surface area contributed by atoms with Gasteiger partial charge in [0.25, 0.3) is 11.5 Å². The summed E-state index contributed by atoms with van der Waals surface area (Å²) in [6.45, 7) is 8.52. The molecule has 0 aliphatic carbocycles. The molecule has 29 heavy (non-hydrogen) atoms. The van der Waals surface area contributed by atoms with Crippen LogP contribution in [0.15, 0.2) is 23.0 Å². The molecule has 0 bridgehead atoms. The van der Waals surface area contributed by atoms with Gasteiger partial charge >= 0.3 is 0 Å². The smallest absolute Gasteiger partial charge is 0.255 e. The molecule has 1 saturated heterocycles. The first-order chi connectivity index (χ1) is 13.9. The SMILES string of the molecule is Cc1cc(C)c(CN2CCc3ccc(CN4CCOCC4)c(Cl)c3C2=O)c(=O)[nH]1. The largest absolute Gasteiger partial charge is 0.379 e. The maximum absolute atomic E-state index is 13.3. The number of carbonyl (C=O) groups excluding carboxylic acids is 1. The van der Waals surface area contributed by atoms with Gasteiger partial charge in [-0.15, -0.1) is 0 Å². The highest BCUT2D eigenvalue weighted by atomic mass is 35.5. The highest BCUT2D eigenvalue weighted by molar-refractivity contribution is 6.34. The van der Waals surface area contributed by atoms with Gasteiger partial charge in [0.2, 0.25) is 0 Å². The molecule has 2 aliphatic rings. The topological polar surface area (TPSA) is 65.6 Å². The molecule has 0 atom stereocenters. The van der Waals surface area contributed by atoms with Crippen molar-refractivity contribution in [1.29, 1.82) is 0 Å². The quantitative estimate of drug-likeness (QED) is 0.833. The van der Waals surface area contributed by atoms with Gasteiger partial charge in [-0.3, -0.25) is 14.5 Å². The number of carbonyl (C=O) groups is 1. The van der Waals surface area contributed by atoms with Gasteiger partial charge in [0, 0.05) is 37.4 Å². The number of H-pyrrole nitrogens is 1. The molecule has 7 heteroatoms. The fourth-order valence-corrected chi connectivity index (χ4v) is 4.48. The van der Waals surface area contributed by atoms with Crippen LogP contribution >= 0.6 is 11.6 Å². The highest BCUT2D eigenvalue weighted by Crippen LogP contribution is 2.31. The van der Waals surface area contributed by atoms with Crippen molar-refractivity contribution in [2.45, 2.75) is 33.4 Å². The van der Waals surface area contributed by atoms with Crippen LogP contribution in [0.2, 0.25) is 5.02 Å². The van der Waals surface area contributed by atoms with Crippen molar-refractivity contribution in [3.63, 3.8) is 0 Å². The molecule has 3 heterocycles. The number of nitrogens with one attached hydrogen (secondary N) is 1. The van der Waals surface area contributed by atoms with Gasteiger partial charge < -0.3 is 14.6 Å². The van der Waals surface area contributed by atoms with E-state index < -0.39 is 0 Å². The number of fused-ring (bicyclic) bond motifs is 1. The molecule has 0 spiro atoms. The number of halogens is 1. The Kier molecular flexibility index (Phi) is 5.76. The van der Waals surface area contributed by atoms with Crippen LogP contribution in [0.25, 0.3) is 0 Å². The highest BCUT2D eigenvalue weighted by Gasteiger charge is 2.29. The van der Waals surface area contributed by atoms with E-state index in [1.54, 1.807) is 4.90 Å². The Morgan fingerprint density at radius 1 is 1.10 bits per heavy atom. The Morgan fingerprint density at radius 3 is 2.59 bits per heavy atom. The number of morpholine rings is 1. The summed E-state index contributed by atoms with van der Waals surface area (Å²) in [5, 5.41) is 0.540. The number of hydrogen-bond donors (Lipinski definition) is 1. The van der Waals surface area contributed by atoms with E-state index in [1.165, 1.54) is 0 Å². The van der Waals surface area contributed by atoms with E-state index in [0.717, 1.165) is 55.1 Å². The second kappa shape index (κ2) is 8.30. The molecule has 1 amide bonds. The Bertz CT molecular complexity index is 996. The van der Waals surface area contributed by atoms with Crippen LogP contribution < -0.4 is 5.56 Å². The third-order valence-corrected chi connectivity index (χ3v) is 6.23. The molecule has 2 aromatic rings. The molecule has 0 unspecified atom stereocenters. The first-order valence-electron chi connectivity index (χ1n) is 10.0. The average Bonchev–Trinajstić information content (AvgIpc) is 2.69. The normalized spacial score (nSPS) is 17.5. The average molecular weight is 416 g/mol. The van der Waals surface area contributed by atoms with Crippen molar-refractivity contribution in [1.82, 2.24) is 14.8 Å². The lowest BCUT2D eigenvalue weighted by molar-refractivity contribution is 0.0341. The lowest BCUT2D eigenvalue weighted by atomic mass is 9.95. The maximum atomic E-state index is 13.3. The summed E-state index contributed by atoms with van der Waals surface area (Å²) >= 11 is 6.72. The summed E-state index contributed by atoms with van der Waals surface area (Å²) < 4.78 is 5.41. The monoisotopic (exact) mass is 415 g/mol. The summed E-state index contributed by atoms with van der Waals surface area (Å²) in [6.07, 6.45) is 0.738. The van der Waals surface area contributed by atoms with Crippen molar-refractivity contribution in [2.75, 3.05) is 32.8 Å². The Morgan fingerprint density at radius 2 is 1.86 bits per heavy atom. The molecule has 2 aliphatic heterocycles. The maximum Gasteiger partial charge on any atom is 0.255 e. The van der Waals surface area contributed by atoms with Crippen LogP contribution in [0.4, 0.5) is 0 Å². The van der Waals surface area contributed by atoms with Gasteiger partial charge in [0.05, 0.1) is 30.3 Å². The van der Waals surface area contributed by atoms with E-state index >= 15 is 0 Å².